The zero-order chi connectivity index (χ0) is 19.5. The van der Waals surface area contributed by atoms with Gasteiger partial charge in [-0.05, 0) is 19.3 Å². The molecule has 0 aromatic carbocycles. The first-order valence-electron chi connectivity index (χ1n) is 9.16. The molecule has 0 aromatic rings. The Balaban J connectivity index is 3.89. The normalized spacial score (nSPS) is 15.5. The van der Waals surface area contributed by atoms with Gasteiger partial charge in [0.1, 0.15) is 0 Å². The molecule has 2 atom stereocenters. The summed E-state index contributed by atoms with van der Waals surface area (Å²) in [5, 5.41) is 28.0. The second-order valence-corrected chi connectivity index (χ2v) is 5.92. The number of aliphatic carboxylic acids is 1. The zero-order valence-electron chi connectivity index (χ0n) is 15.6. The summed E-state index contributed by atoms with van der Waals surface area (Å²) in [7, 11) is 0. The van der Waals surface area contributed by atoms with Gasteiger partial charge in [0.2, 0.25) is 0 Å². The fourth-order valence-corrected chi connectivity index (χ4v) is 2.08. The topological polar surface area (TPSA) is 77.8 Å². The van der Waals surface area contributed by atoms with Crippen molar-refractivity contribution >= 4 is 5.97 Å². The number of allylic oxidation sites excluding steroid dienone is 10. The van der Waals surface area contributed by atoms with Crippen LogP contribution in [0.15, 0.2) is 72.9 Å². The predicted molar refractivity (Wildman–Crippen MR) is 108 cm³/mol. The van der Waals surface area contributed by atoms with Gasteiger partial charge in [0.25, 0.3) is 0 Å². The van der Waals surface area contributed by atoms with E-state index in [1.54, 1.807) is 30.4 Å². The minimum absolute atomic E-state index is 0.316. The molecule has 0 saturated carbocycles. The Morgan fingerprint density at radius 3 is 1.85 bits per heavy atom. The van der Waals surface area contributed by atoms with Crippen LogP contribution in [0.2, 0.25) is 0 Å². The standard InChI is InChI=1S/C22H32O4/c1-2-3-12-15-20(23)18-19-21(24)16-13-10-8-6-4-5-7-9-11-14-17-22(25)26/h4-11,13-14,16-17,20-21,23-24H,2-3,12,15,18-19H2,1H3,(H,25,26). The molecule has 0 aromatic heterocycles. The number of carbonyl (C=O) groups is 1. The summed E-state index contributed by atoms with van der Waals surface area (Å²) in [5.74, 6) is -0.968. The fraction of sp³-hybridized carbons (Fsp3) is 0.409. The molecule has 0 rings (SSSR count). The van der Waals surface area contributed by atoms with Crippen LogP contribution in [-0.2, 0) is 4.79 Å². The van der Waals surface area contributed by atoms with Crippen LogP contribution < -0.4 is 0 Å². The third-order valence-electron chi connectivity index (χ3n) is 3.51. The van der Waals surface area contributed by atoms with Gasteiger partial charge in [0, 0.05) is 6.08 Å². The van der Waals surface area contributed by atoms with E-state index in [0.717, 1.165) is 31.8 Å². The van der Waals surface area contributed by atoms with Gasteiger partial charge in [-0.1, -0.05) is 93.0 Å². The van der Waals surface area contributed by atoms with E-state index in [4.69, 9.17) is 5.11 Å². The van der Waals surface area contributed by atoms with E-state index in [-0.39, 0.29) is 6.10 Å². The first-order valence-corrected chi connectivity index (χ1v) is 9.16. The van der Waals surface area contributed by atoms with Crippen molar-refractivity contribution in [1.29, 1.82) is 0 Å². The van der Waals surface area contributed by atoms with E-state index in [9.17, 15) is 15.0 Å². The molecule has 0 saturated heterocycles. The SMILES string of the molecule is CCCCCC(O)CCC(O)C=CC=CC=CC=CC=CC=CC(=O)O. The van der Waals surface area contributed by atoms with E-state index in [2.05, 4.69) is 6.92 Å². The lowest BCUT2D eigenvalue weighted by Gasteiger charge is -2.11. The maximum Gasteiger partial charge on any atom is 0.328 e. The molecule has 4 nitrogen and oxygen atoms in total. The van der Waals surface area contributed by atoms with Crippen LogP contribution in [-0.4, -0.2) is 33.5 Å². The van der Waals surface area contributed by atoms with Crippen molar-refractivity contribution in [1.82, 2.24) is 0 Å². The molecule has 2 unspecified atom stereocenters. The van der Waals surface area contributed by atoms with Gasteiger partial charge < -0.3 is 15.3 Å². The van der Waals surface area contributed by atoms with E-state index >= 15 is 0 Å². The second kappa shape index (κ2) is 17.6. The number of hydrogen-bond acceptors (Lipinski definition) is 3. The van der Waals surface area contributed by atoms with Crippen molar-refractivity contribution in [3.8, 4) is 0 Å². The van der Waals surface area contributed by atoms with E-state index in [1.165, 1.54) is 6.08 Å². The van der Waals surface area contributed by atoms with E-state index in [0.29, 0.717) is 12.8 Å². The predicted octanol–water partition coefficient (Wildman–Crippen LogP) is 4.49. The molecule has 4 heteroatoms. The van der Waals surface area contributed by atoms with Crippen molar-refractivity contribution < 1.29 is 20.1 Å². The smallest absolute Gasteiger partial charge is 0.328 e. The molecule has 3 N–H and O–H groups in total. The number of rotatable bonds is 14. The summed E-state index contributed by atoms with van der Waals surface area (Å²) in [5.41, 5.74) is 0. The van der Waals surface area contributed by atoms with Gasteiger partial charge in [-0.15, -0.1) is 0 Å². The lowest BCUT2D eigenvalue weighted by Crippen LogP contribution is -2.11. The highest BCUT2D eigenvalue weighted by Gasteiger charge is 2.06. The highest BCUT2D eigenvalue weighted by molar-refractivity contribution is 5.80. The summed E-state index contributed by atoms with van der Waals surface area (Å²) in [6.45, 7) is 2.14. The average Bonchev–Trinajstić information content (AvgIpc) is 2.60. The zero-order valence-corrected chi connectivity index (χ0v) is 15.6. The summed E-state index contributed by atoms with van der Waals surface area (Å²) < 4.78 is 0. The second-order valence-electron chi connectivity index (χ2n) is 5.92. The lowest BCUT2D eigenvalue weighted by atomic mass is 10.0. The molecule has 26 heavy (non-hydrogen) atoms. The molecule has 0 radical (unpaired) electrons. The Kier molecular flexibility index (Phi) is 16.2. The number of hydrogen-bond donors (Lipinski definition) is 3. The van der Waals surface area contributed by atoms with Crippen molar-refractivity contribution in [3.63, 3.8) is 0 Å². The molecule has 0 heterocycles. The lowest BCUT2D eigenvalue weighted by molar-refractivity contribution is -0.131. The Hall–Kier alpha value is -2.17. The van der Waals surface area contributed by atoms with Crippen molar-refractivity contribution in [3.05, 3.63) is 72.9 Å². The van der Waals surface area contributed by atoms with E-state index in [1.807, 2.05) is 30.4 Å². The molecule has 144 valence electrons. The fourth-order valence-electron chi connectivity index (χ4n) is 2.08. The summed E-state index contributed by atoms with van der Waals surface area (Å²) in [6.07, 6.45) is 24.9. The summed E-state index contributed by atoms with van der Waals surface area (Å²) >= 11 is 0. The minimum atomic E-state index is -0.968. The highest BCUT2D eigenvalue weighted by atomic mass is 16.4. The van der Waals surface area contributed by atoms with Crippen LogP contribution in [0.4, 0.5) is 0 Å². The van der Waals surface area contributed by atoms with Crippen molar-refractivity contribution in [2.24, 2.45) is 0 Å². The average molecular weight is 360 g/mol. The van der Waals surface area contributed by atoms with Crippen LogP contribution >= 0.6 is 0 Å². The molecule has 0 fully saturated rings. The molecule has 0 amide bonds. The van der Waals surface area contributed by atoms with Crippen LogP contribution in [0.3, 0.4) is 0 Å². The quantitative estimate of drug-likeness (QED) is 0.242. The van der Waals surface area contributed by atoms with Crippen molar-refractivity contribution in [2.75, 3.05) is 0 Å². The molecule has 0 aliphatic rings. The number of aliphatic hydroxyl groups excluding tert-OH is 2. The number of unbranched alkanes of at least 4 members (excludes halogenated alkanes) is 2. The summed E-state index contributed by atoms with van der Waals surface area (Å²) in [4.78, 5) is 10.2. The number of carboxylic acid groups (broad SMARTS) is 1. The third-order valence-corrected chi connectivity index (χ3v) is 3.51. The summed E-state index contributed by atoms with van der Waals surface area (Å²) in [6, 6.07) is 0. The van der Waals surface area contributed by atoms with Gasteiger partial charge >= 0.3 is 5.97 Å². The van der Waals surface area contributed by atoms with Crippen LogP contribution in [0.25, 0.3) is 0 Å². The van der Waals surface area contributed by atoms with Gasteiger partial charge in [0.15, 0.2) is 0 Å². The molecule has 0 spiro atoms. The number of aliphatic hydroxyl groups is 2. The third kappa shape index (κ3) is 18.2. The first kappa shape index (κ1) is 23.8. The Morgan fingerprint density at radius 2 is 1.31 bits per heavy atom. The maximum atomic E-state index is 10.2. The van der Waals surface area contributed by atoms with Gasteiger partial charge in [0.05, 0.1) is 12.2 Å². The molecular weight excluding hydrogens is 328 g/mol. The van der Waals surface area contributed by atoms with Crippen LogP contribution in [0.1, 0.15) is 45.4 Å². The first-order chi connectivity index (χ1) is 12.6. The molecule has 0 aliphatic heterocycles. The molecule has 0 bridgehead atoms. The Labute approximate surface area is 157 Å². The monoisotopic (exact) mass is 360 g/mol. The molecular formula is C22H32O4. The van der Waals surface area contributed by atoms with E-state index < -0.39 is 12.1 Å². The molecule has 0 aliphatic carbocycles. The van der Waals surface area contributed by atoms with Gasteiger partial charge in [-0.2, -0.15) is 0 Å². The maximum absolute atomic E-state index is 10.2. The highest BCUT2D eigenvalue weighted by Crippen LogP contribution is 2.10. The number of carboxylic acids is 1. The van der Waals surface area contributed by atoms with Crippen LogP contribution in [0, 0.1) is 0 Å². The van der Waals surface area contributed by atoms with Gasteiger partial charge in [-0.25, -0.2) is 4.79 Å². The van der Waals surface area contributed by atoms with Crippen molar-refractivity contribution in [2.45, 2.75) is 57.7 Å². The Bertz CT molecular complexity index is 524. The Morgan fingerprint density at radius 1 is 0.769 bits per heavy atom. The van der Waals surface area contributed by atoms with Gasteiger partial charge in [-0.3, -0.25) is 0 Å². The largest absolute Gasteiger partial charge is 0.478 e. The minimum Gasteiger partial charge on any atom is -0.478 e. The van der Waals surface area contributed by atoms with Crippen LogP contribution in [0.5, 0.6) is 0 Å².